The lowest BCUT2D eigenvalue weighted by Gasteiger charge is -2.34. The Morgan fingerprint density at radius 1 is 1.00 bits per heavy atom. The van der Waals surface area contributed by atoms with Crippen LogP contribution in [0.5, 0.6) is 0 Å². The molecule has 0 N–H and O–H groups in total. The normalized spacial score (nSPS) is 16.0. The monoisotopic (exact) mass is 379 g/mol. The van der Waals surface area contributed by atoms with Gasteiger partial charge in [0.15, 0.2) is 5.82 Å². The average Bonchev–Trinajstić information content (AvgIpc) is 3.34. The molecule has 0 radical (unpaired) electrons. The van der Waals surface area contributed by atoms with Crippen LogP contribution >= 0.6 is 0 Å². The zero-order valence-electron chi connectivity index (χ0n) is 14.2. The molecule has 3 aromatic heterocycles. The van der Waals surface area contributed by atoms with Gasteiger partial charge in [0.05, 0.1) is 6.54 Å². The first-order chi connectivity index (χ1) is 13.0. The predicted molar refractivity (Wildman–Crippen MR) is 88.1 cm³/mol. The molecule has 0 bridgehead atoms. The molecule has 3 aromatic rings. The average molecular weight is 379 g/mol. The second kappa shape index (κ2) is 6.99. The number of hydrogen-bond acceptors (Lipinski definition) is 7. The Morgan fingerprint density at radius 3 is 2.44 bits per heavy atom. The summed E-state index contributed by atoms with van der Waals surface area (Å²) < 4.78 is 44.0. The van der Waals surface area contributed by atoms with E-state index in [4.69, 9.17) is 4.42 Å². The SMILES string of the molecule is FC(F)(F)c1nnc(CN2CCN(c3cccc(-n4cccn4)n3)CC2)o1. The quantitative estimate of drug-likeness (QED) is 0.686. The molecule has 0 aliphatic carbocycles. The summed E-state index contributed by atoms with van der Waals surface area (Å²) in [5, 5.41) is 10.7. The van der Waals surface area contributed by atoms with Crippen molar-refractivity contribution in [3.8, 4) is 5.82 Å². The third kappa shape index (κ3) is 3.92. The molecule has 1 aliphatic heterocycles. The molecule has 4 rings (SSSR count). The summed E-state index contributed by atoms with van der Waals surface area (Å²) in [5.74, 6) is 0.218. The Morgan fingerprint density at radius 2 is 1.78 bits per heavy atom. The van der Waals surface area contributed by atoms with Crippen molar-refractivity contribution in [3.05, 3.63) is 48.4 Å². The van der Waals surface area contributed by atoms with Crippen LogP contribution in [0.15, 0.2) is 41.1 Å². The molecule has 8 nitrogen and oxygen atoms in total. The van der Waals surface area contributed by atoms with Crippen LogP contribution in [0.4, 0.5) is 19.0 Å². The van der Waals surface area contributed by atoms with E-state index in [0.717, 1.165) is 11.6 Å². The van der Waals surface area contributed by atoms with E-state index in [1.165, 1.54) is 0 Å². The molecular weight excluding hydrogens is 363 g/mol. The largest absolute Gasteiger partial charge is 0.470 e. The Bertz CT molecular complexity index is 886. The zero-order chi connectivity index (χ0) is 18.9. The first-order valence-corrected chi connectivity index (χ1v) is 8.33. The van der Waals surface area contributed by atoms with Crippen LogP contribution in [-0.4, -0.2) is 56.0 Å². The van der Waals surface area contributed by atoms with E-state index in [1.807, 2.05) is 35.4 Å². The first-order valence-electron chi connectivity index (χ1n) is 8.33. The van der Waals surface area contributed by atoms with E-state index in [-0.39, 0.29) is 12.4 Å². The highest BCUT2D eigenvalue weighted by Gasteiger charge is 2.38. The Kier molecular flexibility index (Phi) is 4.52. The minimum absolute atomic E-state index is 0.0328. The molecule has 0 atom stereocenters. The number of hydrogen-bond donors (Lipinski definition) is 0. The van der Waals surface area contributed by atoms with E-state index in [1.54, 1.807) is 10.9 Å². The Labute approximate surface area is 152 Å². The maximum Gasteiger partial charge on any atom is 0.470 e. The summed E-state index contributed by atoms with van der Waals surface area (Å²) >= 11 is 0. The number of aromatic nitrogens is 5. The predicted octanol–water partition coefficient (Wildman–Crippen LogP) is 1.99. The van der Waals surface area contributed by atoms with Crippen LogP contribution in [0.2, 0.25) is 0 Å². The number of alkyl halides is 3. The lowest BCUT2D eigenvalue weighted by Crippen LogP contribution is -2.46. The fourth-order valence-electron chi connectivity index (χ4n) is 2.88. The summed E-state index contributed by atoms with van der Waals surface area (Å²) in [7, 11) is 0. The maximum atomic E-state index is 12.5. The summed E-state index contributed by atoms with van der Waals surface area (Å²) in [5.41, 5.74) is 0. The standard InChI is InChI=1S/C16H16F3N7O/c17-16(18,19)15-23-22-14(27-15)11-24-7-9-25(10-8-24)12-3-1-4-13(21-12)26-6-2-5-20-26/h1-6H,7-11H2. The van der Waals surface area contributed by atoms with Crippen molar-refractivity contribution in [3.63, 3.8) is 0 Å². The van der Waals surface area contributed by atoms with Gasteiger partial charge in [0, 0.05) is 38.6 Å². The van der Waals surface area contributed by atoms with Gasteiger partial charge in [-0.2, -0.15) is 18.3 Å². The molecule has 0 unspecified atom stereocenters. The number of nitrogens with zero attached hydrogens (tertiary/aromatic N) is 7. The molecule has 1 saturated heterocycles. The van der Waals surface area contributed by atoms with Gasteiger partial charge in [-0.05, 0) is 18.2 Å². The van der Waals surface area contributed by atoms with Gasteiger partial charge in [0.25, 0.3) is 0 Å². The van der Waals surface area contributed by atoms with Crippen LogP contribution in [-0.2, 0) is 12.7 Å². The van der Waals surface area contributed by atoms with Gasteiger partial charge in [-0.15, -0.1) is 10.2 Å². The number of pyridine rings is 1. The van der Waals surface area contributed by atoms with Crippen molar-refractivity contribution in [2.75, 3.05) is 31.1 Å². The van der Waals surface area contributed by atoms with E-state index in [9.17, 15) is 13.2 Å². The number of rotatable bonds is 4. The molecule has 11 heteroatoms. The van der Waals surface area contributed by atoms with Crippen LogP contribution in [0.25, 0.3) is 5.82 Å². The van der Waals surface area contributed by atoms with Gasteiger partial charge in [-0.1, -0.05) is 6.07 Å². The van der Waals surface area contributed by atoms with Crippen molar-refractivity contribution in [1.29, 1.82) is 0 Å². The second-order valence-corrected chi connectivity index (χ2v) is 6.07. The smallest absolute Gasteiger partial charge is 0.416 e. The fraction of sp³-hybridized carbons (Fsp3) is 0.375. The number of piperazine rings is 1. The molecule has 0 saturated carbocycles. The van der Waals surface area contributed by atoms with Crippen molar-refractivity contribution in [1.82, 2.24) is 29.9 Å². The molecule has 0 spiro atoms. The van der Waals surface area contributed by atoms with Gasteiger partial charge >= 0.3 is 12.1 Å². The number of anilines is 1. The highest BCUT2D eigenvalue weighted by atomic mass is 19.4. The maximum absolute atomic E-state index is 12.5. The van der Waals surface area contributed by atoms with Crippen molar-refractivity contribution in [2.45, 2.75) is 12.7 Å². The molecule has 1 aliphatic rings. The summed E-state index contributed by atoms with van der Waals surface area (Å²) in [6.45, 7) is 2.87. The highest BCUT2D eigenvalue weighted by molar-refractivity contribution is 5.43. The highest BCUT2D eigenvalue weighted by Crippen LogP contribution is 2.28. The van der Waals surface area contributed by atoms with Crippen LogP contribution < -0.4 is 4.90 Å². The Balaban J connectivity index is 1.37. The van der Waals surface area contributed by atoms with E-state index < -0.39 is 12.1 Å². The topological polar surface area (TPSA) is 76.1 Å². The van der Waals surface area contributed by atoms with Crippen LogP contribution in [0.3, 0.4) is 0 Å². The molecule has 142 valence electrons. The van der Waals surface area contributed by atoms with E-state index in [2.05, 4.69) is 25.2 Å². The summed E-state index contributed by atoms with van der Waals surface area (Å²) in [6, 6.07) is 7.55. The summed E-state index contributed by atoms with van der Waals surface area (Å²) in [6.07, 6.45) is -1.10. The lowest BCUT2D eigenvalue weighted by molar-refractivity contribution is -0.157. The minimum Gasteiger partial charge on any atom is -0.416 e. The third-order valence-electron chi connectivity index (χ3n) is 4.22. The van der Waals surface area contributed by atoms with Gasteiger partial charge in [0.2, 0.25) is 5.89 Å². The minimum atomic E-state index is -4.62. The second-order valence-electron chi connectivity index (χ2n) is 6.07. The lowest BCUT2D eigenvalue weighted by atomic mass is 10.3. The van der Waals surface area contributed by atoms with E-state index in [0.29, 0.717) is 26.2 Å². The van der Waals surface area contributed by atoms with Gasteiger partial charge < -0.3 is 9.32 Å². The summed E-state index contributed by atoms with van der Waals surface area (Å²) in [4.78, 5) is 8.72. The first kappa shape index (κ1) is 17.5. The van der Waals surface area contributed by atoms with Crippen molar-refractivity contribution >= 4 is 5.82 Å². The zero-order valence-corrected chi connectivity index (χ0v) is 14.2. The van der Waals surface area contributed by atoms with Gasteiger partial charge in [-0.3, -0.25) is 4.90 Å². The van der Waals surface area contributed by atoms with Crippen molar-refractivity contribution < 1.29 is 17.6 Å². The van der Waals surface area contributed by atoms with Gasteiger partial charge in [0.1, 0.15) is 5.82 Å². The molecule has 0 aromatic carbocycles. The molecule has 27 heavy (non-hydrogen) atoms. The van der Waals surface area contributed by atoms with Crippen LogP contribution in [0.1, 0.15) is 11.8 Å². The van der Waals surface area contributed by atoms with Crippen molar-refractivity contribution in [2.24, 2.45) is 0 Å². The fourth-order valence-corrected chi connectivity index (χ4v) is 2.88. The Hall–Kier alpha value is -2.95. The third-order valence-corrected chi connectivity index (χ3v) is 4.22. The molecule has 1 fully saturated rings. The number of halogens is 3. The molecule has 0 amide bonds. The van der Waals surface area contributed by atoms with Gasteiger partial charge in [-0.25, -0.2) is 9.67 Å². The molecular formula is C16H16F3N7O. The molecule has 4 heterocycles. The van der Waals surface area contributed by atoms with E-state index >= 15 is 0 Å². The van der Waals surface area contributed by atoms with Crippen LogP contribution in [0, 0.1) is 0 Å².